The van der Waals surface area contributed by atoms with Gasteiger partial charge in [0.05, 0.1) is 5.69 Å². The van der Waals surface area contributed by atoms with E-state index in [1.165, 1.54) is 103 Å². The molecule has 8 aromatic rings. The van der Waals surface area contributed by atoms with E-state index >= 15 is 0 Å². The predicted molar refractivity (Wildman–Crippen MR) is 211 cm³/mol. The van der Waals surface area contributed by atoms with Crippen molar-refractivity contribution < 1.29 is 0 Å². The standard InChI is InChI=1S/C49H37N/c1-2-8-34(9-3-1)37-14-18-39(19-15-37)46-30-47(40-20-16-38(17-21-40)43-24-22-35-10-4-6-12-41(35)28-43)32-48(31-46)49-27-26-45(33-50-49)44-25-23-36-11-5-7-13-42(36)29-44/h1-4,6,8-10,12,14-33H,5,7,11,13H2. The zero-order chi connectivity index (χ0) is 33.3. The predicted octanol–water partition coefficient (Wildman–Crippen LogP) is 13.1. The minimum Gasteiger partial charge on any atom is -0.256 e. The van der Waals surface area contributed by atoms with Crippen molar-refractivity contribution in [3.05, 3.63) is 187 Å². The molecule has 50 heavy (non-hydrogen) atoms. The summed E-state index contributed by atoms with van der Waals surface area (Å²) in [4.78, 5) is 5.04. The summed E-state index contributed by atoms with van der Waals surface area (Å²) >= 11 is 0. The van der Waals surface area contributed by atoms with Crippen LogP contribution in [0, 0.1) is 0 Å². The van der Waals surface area contributed by atoms with Gasteiger partial charge in [-0.1, -0.05) is 140 Å². The first-order valence-electron chi connectivity index (χ1n) is 17.7. The van der Waals surface area contributed by atoms with Gasteiger partial charge in [0.15, 0.2) is 0 Å². The zero-order valence-corrected chi connectivity index (χ0v) is 28.0. The summed E-state index contributed by atoms with van der Waals surface area (Å²) in [5, 5.41) is 2.52. The molecule has 0 fully saturated rings. The van der Waals surface area contributed by atoms with E-state index < -0.39 is 0 Å². The van der Waals surface area contributed by atoms with Crippen molar-refractivity contribution in [1.82, 2.24) is 4.98 Å². The Bertz CT molecular complexity index is 2440. The van der Waals surface area contributed by atoms with E-state index in [2.05, 4.69) is 170 Å². The van der Waals surface area contributed by atoms with Crippen LogP contribution in [0.2, 0.25) is 0 Å². The first kappa shape index (κ1) is 30.0. The number of aryl methyl sites for hydroxylation is 2. The third kappa shape index (κ3) is 6.04. The number of hydrogen-bond acceptors (Lipinski definition) is 1. The minimum absolute atomic E-state index is 0.975. The highest BCUT2D eigenvalue weighted by atomic mass is 14.7. The first-order valence-corrected chi connectivity index (χ1v) is 17.7. The van der Waals surface area contributed by atoms with Crippen molar-refractivity contribution in [3.8, 4) is 66.9 Å². The molecular weight excluding hydrogens is 603 g/mol. The monoisotopic (exact) mass is 639 g/mol. The molecule has 1 aliphatic carbocycles. The number of hydrogen-bond donors (Lipinski definition) is 0. The van der Waals surface area contributed by atoms with Crippen LogP contribution in [0.15, 0.2) is 176 Å². The second-order valence-electron chi connectivity index (χ2n) is 13.5. The molecule has 9 rings (SSSR count). The Balaban J connectivity index is 1.08. The Kier molecular flexibility index (Phi) is 7.87. The summed E-state index contributed by atoms with van der Waals surface area (Å²) < 4.78 is 0. The van der Waals surface area contributed by atoms with E-state index in [0.29, 0.717) is 0 Å². The average molecular weight is 640 g/mol. The lowest BCUT2D eigenvalue weighted by molar-refractivity contribution is 0.686. The van der Waals surface area contributed by atoms with Gasteiger partial charge in [0.1, 0.15) is 0 Å². The number of benzene rings is 7. The van der Waals surface area contributed by atoms with Gasteiger partial charge >= 0.3 is 0 Å². The van der Waals surface area contributed by atoms with Crippen LogP contribution in [0.4, 0.5) is 0 Å². The minimum atomic E-state index is 0.975. The maximum absolute atomic E-state index is 5.04. The molecular formula is C49H37N. The van der Waals surface area contributed by atoms with Gasteiger partial charge in [-0.25, -0.2) is 0 Å². The molecule has 7 aromatic carbocycles. The van der Waals surface area contributed by atoms with Gasteiger partial charge in [-0.2, -0.15) is 0 Å². The lowest BCUT2D eigenvalue weighted by atomic mass is 9.89. The maximum atomic E-state index is 5.04. The first-order chi connectivity index (χ1) is 24.7. The lowest BCUT2D eigenvalue weighted by Gasteiger charge is -2.16. The Morgan fingerprint density at radius 1 is 0.300 bits per heavy atom. The van der Waals surface area contributed by atoms with Crippen LogP contribution in [0.3, 0.4) is 0 Å². The molecule has 0 amide bonds. The second kappa shape index (κ2) is 13.1. The van der Waals surface area contributed by atoms with Gasteiger partial charge in [-0.15, -0.1) is 0 Å². The van der Waals surface area contributed by atoms with Crippen molar-refractivity contribution in [3.63, 3.8) is 0 Å². The van der Waals surface area contributed by atoms with Crippen molar-refractivity contribution >= 4 is 10.8 Å². The third-order valence-electron chi connectivity index (χ3n) is 10.3. The van der Waals surface area contributed by atoms with E-state index in [0.717, 1.165) is 11.3 Å². The summed E-state index contributed by atoms with van der Waals surface area (Å²) in [7, 11) is 0. The molecule has 1 nitrogen and oxygen atoms in total. The van der Waals surface area contributed by atoms with Crippen LogP contribution in [0.1, 0.15) is 24.0 Å². The van der Waals surface area contributed by atoms with E-state index in [9.17, 15) is 0 Å². The molecule has 0 radical (unpaired) electrons. The summed E-state index contributed by atoms with van der Waals surface area (Å²) in [6, 6.07) is 62.0. The van der Waals surface area contributed by atoms with Crippen molar-refractivity contribution in [2.75, 3.05) is 0 Å². The fourth-order valence-corrected chi connectivity index (χ4v) is 7.47. The van der Waals surface area contributed by atoms with E-state index in [1.807, 2.05) is 6.20 Å². The number of aromatic nitrogens is 1. The molecule has 1 aliphatic rings. The largest absolute Gasteiger partial charge is 0.256 e. The smallest absolute Gasteiger partial charge is 0.0702 e. The summed E-state index contributed by atoms with van der Waals surface area (Å²) in [6.45, 7) is 0. The molecule has 0 saturated carbocycles. The van der Waals surface area contributed by atoms with Crippen LogP contribution < -0.4 is 0 Å². The summed E-state index contributed by atoms with van der Waals surface area (Å²) in [5.41, 5.74) is 17.1. The van der Waals surface area contributed by atoms with Crippen molar-refractivity contribution in [2.45, 2.75) is 25.7 Å². The normalized spacial score (nSPS) is 12.5. The fraction of sp³-hybridized carbons (Fsp3) is 0.0816. The van der Waals surface area contributed by atoms with E-state index in [4.69, 9.17) is 4.98 Å². The van der Waals surface area contributed by atoms with Gasteiger partial charge in [-0.05, 0) is 128 Å². The SMILES string of the molecule is c1ccc(-c2ccc(-c3cc(-c4ccc(-c5ccc6ccccc6c5)cc4)cc(-c4ccc(-c5ccc6c(c5)CCCC6)cn4)c3)cc2)cc1. The number of pyridine rings is 1. The second-order valence-corrected chi connectivity index (χ2v) is 13.5. The molecule has 238 valence electrons. The Labute approximate surface area is 294 Å². The number of fused-ring (bicyclic) bond motifs is 2. The van der Waals surface area contributed by atoms with Crippen molar-refractivity contribution in [2.24, 2.45) is 0 Å². The molecule has 1 aromatic heterocycles. The molecule has 0 bridgehead atoms. The number of rotatable bonds is 6. The highest BCUT2D eigenvalue weighted by Crippen LogP contribution is 2.35. The third-order valence-corrected chi connectivity index (χ3v) is 10.3. The Morgan fingerprint density at radius 2 is 0.800 bits per heavy atom. The van der Waals surface area contributed by atoms with E-state index in [-0.39, 0.29) is 0 Å². The Hall–Kier alpha value is -6.05. The van der Waals surface area contributed by atoms with Gasteiger partial charge in [0.2, 0.25) is 0 Å². The lowest BCUT2D eigenvalue weighted by Crippen LogP contribution is -2.02. The fourth-order valence-electron chi connectivity index (χ4n) is 7.47. The quantitative estimate of drug-likeness (QED) is 0.176. The molecule has 0 atom stereocenters. The molecule has 0 unspecified atom stereocenters. The molecule has 1 heterocycles. The topological polar surface area (TPSA) is 12.9 Å². The average Bonchev–Trinajstić information content (AvgIpc) is 3.21. The summed E-state index contributed by atoms with van der Waals surface area (Å²) in [6.07, 6.45) is 7.01. The summed E-state index contributed by atoms with van der Waals surface area (Å²) in [5.74, 6) is 0. The molecule has 0 N–H and O–H groups in total. The molecule has 0 saturated heterocycles. The molecule has 0 spiro atoms. The Morgan fingerprint density at radius 3 is 1.48 bits per heavy atom. The van der Waals surface area contributed by atoms with E-state index in [1.54, 1.807) is 0 Å². The van der Waals surface area contributed by atoms with Crippen LogP contribution in [-0.2, 0) is 12.8 Å². The van der Waals surface area contributed by atoms with Gasteiger partial charge in [0.25, 0.3) is 0 Å². The molecule has 0 aliphatic heterocycles. The van der Waals surface area contributed by atoms with Crippen LogP contribution in [-0.4, -0.2) is 4.98 Å². The highest BCUT2D eigenvalue weighted by molar-refractivity contribution is 5.88. The molecule has 1 heteroatoms. The highest BCUT2D eigenvalue weighted by Gasteiger charge is 2.13. The van der Waals surface area contributed by atoms with Gasteiger partial charge in [-0.3, -0.25) is 4.98 Å². The zero-order valence-electron chi connectivity index (χ0n) is 28.0. The van der Waals surface area contributed by atoms with Gasteiger partial charge < -0.3 is 0 Å². The van der Waals surface area contributed by atoms with Crippen LogP contribution in [0.25, 0.3) is 77.7 Å². The number of nitrogens with zero attached hydrogens (tertiary/aromatic N) is 1. The van der Waals surface area contributed by atoms with Crippen LogP contribution >= 0.6 is 0 Å². The maximum Gasteiger partial charge on any atom is 0.0702 e. The van der Waals surface area contributed by atoms with Gasteiger partial charge in [0, 0.05) is 17.3 Å². The van der Waals surface area contributed by atoms with Crippen molar-refractivity contribution in [1.29, 1.82) is 0 Å². The van der Waals surface area contributed by atoms with Crippen LogP contribution in [0.5, 0.6) is 0 Å².